The minimum atomic E-state index is -0.623. The Morgan fingerprint density at radius 3 is 2.72 bits per heavy atom. The number of ether oxygens (including phenoxy) is 1. The first kappa shape index (κ1) is 20.2. The number of nitrogens with zero attached hydrogens (tertiary/aromatic N) is 2. The number of amides is 1. The average molecular weight is 412 g/mol. The highest BCUT2D eigenvalue weighted by molar-refractivity contribution is 6.30. The third-order valence-corrected chi connectivity index (χ3v) is 4.37. The molecule has 8 heteroatoms. The number of methoxy groups -OCH3 is 1. The summed E-state index contributed by atoms with van der Waals surface area (Å²) >= 11 is 5.88. The Balaban J connectivity index is 1.72. The van der Waals surface area contributed by atoms with E-state index in [9.17, 15) is 14.7 Å². The van der Waals surface area contributed by atoms with Crippen LogP contribution in [-0.2, 0) is 6.54 Å². The van der Waals surface area contributed by atoms with Crippen molar-refractivity contribution in [2.75, 3.05) is 7.11 Å². The number of nitrogens with one attached hydrogen (secondary N) is 1. The molecule has 0 radical (unpaired) electrons. The highest BCUT2D eigenvalue weighted by Gasteiger charge is 2.11. The van der Waals surface area contributed by atoms with Gasteiger partial charge in [0, 0.05) is 11.2 Å². The summed E-state index contributed by atoms with van der Waals surface area (Å²) in [4.78, 5) is 25.0. The van der Waals surface area contributed by atoms with Crippen LogP contribution in [0.1, 0.15) is 21.5 Å². The fourth-order valence-corrected chi connectivity index (χ4v) is 2.75. The number of hydrogen-bond donors (Lipinski definition) is 2. The fraction of sp³-hybridized carbons (Fsp3) is 0.0952. The molecule has 2 aromatic carbocycles. The van der Waals surface area contributed by atoms with Gasteiger partial charge in [0.15, 0.2) is 11.5 Å². The quantitative estimate of drug-likeness (QED) is 0.481. The van der Waals surface area contributed by atoms with Crippen LogP contribution in [0.4, 0.5) is 0 Å². The molecule has 2 N–H and O–H groups in total. The van der Waals surface area contributed by atoms with Crippen LogP contribution in [-0.4, -0.2) is 28.9 Å². The number of aromatic hydroxyl groups is 1. The fourth-order valence-electron chi connectivity index (χ4n) is 2.62. The summed E-state index contributed by atoms with van der Waals surface area (Å²) in [6.07, 6.45) is 2.99. The topological polar surface area (TPSA) is 92.9 Å². The number of halogens is 1. The first-order chi connectivity index (χ1) is 14.0. The lowest BCUT2D eigenvalue weighted by molar-refractivity contribution is 0.0953. The first-order valence-corrected chi connectivity index (χ1v) is 9.00. The van der Waals surface area contributed by atoms with E-state index in [-0.39, 0.29) is 17.1 Å². The normalized spacial score (nSPS) is 10.8. The predicted octanol–water partition coefficient (Wildman–Crippen LogP) is 3.03. The van der Waals surface area contributed by atoms with E-state index in [0.717, 1.165) is 5.56 Å². The Bertz CT molecular complexity index is 1110. The Hall–Kier alpha value is -3.58. The number of carbonyl (C=O) groups is 1. The lowest BCUT2D eigenvalue weighted by atomic mass is 10.2. The zero-order valence-electron chi connectivity index (χ0n) is 15.5. The van der Waals surface area contributed by atoms with Gasteiger partial charge in [0.1, 0.15) is 5.56 Å². The molecule has 0 aliphatic rings. The number of hydrogen-bond acceptors (Lipinski definition) is 5. The summed E-state index contributed by atoms with van der Waals surface area (Å²) in [7, 11) is 1.43. The second-order valence-electron chi connectivity index (χ2n) is 6.11. The van der Waals surface area contributed by atoms with Crippen LogP contribution >= 0.6 is 11.6 Å². The van der Waals surface area contributed by atoms with Crippen molar-refractivity contribution in [3.8, 4) is 11.5 Å². The van der Waals surface area contributed by atoms with Crippen molar-refractivity contribution in [2.24, 2.45) is 5.10 Å². The van der Waals surface area contributed by atoms with Crippen molar-refractivity contribution in [1.82, 2.24) is 9.99 Å². The molecule has 3 aromatic rings. The van der Waals surface area contributed by atoms with Crippen LogP contribution in [0.3, 0.4) is 0 Å². The van der Waals surface area contributed by atoms with E-state index in [1.54, 1.807) is 36.5 Å². The van der Waals surface area contributed by atoms with Crippen LogP contribution in [0.2, 0.25) is 5.02 Å². The molecule has 0 aliphatic heterocycles. The van der Waals surface area contributed by atoms with Gasteiger partial charge in [-0.2, -0.15) is 5.10 Å². The molecule has 0 spiro atoms. The van der Waals surface area contributed by atoms with Crippen molar-refractivity contribution in [2.45, 2.75) is 6.54 Å². The van der Waals surface area contributed by atoms with Gasteiger partial charge in [0.2, 0.25) is 0 Å². The summed E-state index contributed by atoms with van der Waals surface area (Å²) < 4.78 is 6.45. The molecule has 0 aliphatic carbocycles. The molecule has 148 valence electrons. The average Bonchev–Trinajstić information content (AvgIpc) is 2.72. The molecule has 29 heavy (non-hydrogen) atoms. The molecule has 1 amide bonds. The van der Waals surface area contributed by atoms with E-state index in [1.165, 1.54) is 30.0 Å². The maximum Gasteiger partial charge on any atom is 0.276 e. The van der Waals surface area contributed by atoms with Gasteiger partial charge in [-0.25, -0.2) is 5.43 Å². The minimum absolute atomic E-state index is 0.000732. The van der Waals surface area contributed by atoms with Gasteiger partial charge in [0.25, 0.3) is 11.5 Å². The molecule has 0 bridgehead atoms. The summed E-state index contributed by atoms with van der Waals surface area (Å²) in [6, 6.07) is 14.8. The number of pyridine rings is 1. The second kappa shape index (κ2) is 9.07. The van der Waals surface area contributed by atoms with Crippen LogP contribution < -0.4 is 15.7 Å². The van der Waals surface area contributed by atoms with Crippen molar-refractivity contribution in [3.05, 3.63) is 92.9 Å². The Labute approximate surface area is 171 Å². The van der Waals surface area contributed by atoms with Gasteiger partial charge >= 0.3 is 0 Å². The molecule has 0 saturated carbocycles. The highest BCUT2D eigenvalue weighted by atomic mass is 35.5. The van der Waals surface area contributed by atoms with Gasteiger partial charge in [-0.05, 0) is 53.6 Å². The van der Waals surface area contributed by atoms with Gasteiger partial charge in [-0.1, -0.05) is 23.7 Å². The first-order valence-electron chi connectivity index (χ1n) is 8.62. The molecule has 0 fully saturated rings. The highest BCUT2D eigenvalue weighted by Crippen LogP contribution is 2.25. The molecular weight excluding hydrogens is 394 g/mol. The number of aromatic nitrogens is 1. The number of phenols is 1. The molecule has 1 aromatic heterocycles. The van der Waals surface area contributed by atoms with Crippen LogP contribution in [0, 0.1) is 0 Å². The van der Waals surface area contributed by atoms with Crippen molar-refractivity contribution in [1.29, 1.82) is 0 Å². The minimum Gasteiger partial charge on any atom is -0.504 e. The number of benzene rings is 2. The van der Waals surface area contributed by atoms with Crippen molar-refractivity contribution < 1.29 is 14.6 Å². The van der Waals surface area contributed by atoms with E-state index >= 15 is 0 Å². The number of phenolic OH excluding ortho intramolecular Hbond substituents is 1. The standard InChI is InChI=1S/C21H18ClN3O4/c1-29-19-11-15(6-9-18(19)26)12-23-24-20(27)17-3-2-10-25(21(17)28)13-14-4-7-16(22)8-5-14/h2-12,26H,13H2,1H3,(H,24,27)/b23-12-. The molecule has 7 nitrogen and oxygen atoms in total. The van der Waals surface area contributed by atoms with Gasteiger partial charge in [-0.3, -0.25) is 9.59 Å². The SMILES string of the molecule is COc1cc(/C=N\NC(=O)c2cccn(Cc3ccc(Cl)cc3)c2=O)ccc1O. The Morgan fingerprint density at radius 1 is 1.24 bits per heavy atom. The largest absolute Gasteiger partial charge is 0.504 e. The van der Waals surface area contributed by atoms with E-state index in [1.807, 2.05) is 12.1 Å². The van der Waals surface area contributed by atoms with Gasteiger partial charge in [-0.15, -0.1) is 0 Å². The zero-order chi connectivity index (χ0) is 20.8. The predicted molar refractivity (Wildman–Crippen MR) is 111 cm³/mol. The maximum absolute atomic E-state index is 12.6. The third-order valence-electron chi connectivity index (χ3n) is 4.11. The van der Waals surface area contributed by atoms with Gasteiger partial charge < -0.3 is 14.4 Å². The summed E-state index contributed by atoms with van der Waals surface area (Å²) in [5.74, 6) is -0.338. The molecule has 3 rings (SSSR count). The Kier molecular flexibility index (Phi) is 6.31. The van der Waals surface area contributed by atoms with E-state index in [2.05, 4.69) is 10.5 Å². The summed E-state index contributed by atoms with van der Waals surface area (Å²) in [5, 5.41) is 14.1. The Morgan fingerprint density at radius 2 is 2.00 bits per heavy atom. The monoisotopic (exact) mass is 411 g/mol. The molecule has 0 unspecified atom stereocenters. The number of hydrazone groups is 1. The van der Waals surface area contributed by atoms with E-state index in [0.29, 0.717) is 17.1 Å². The lowest BCUT2D eigenvalue weighted by Crippen LogP contribution is -2.30. The van der Waals surface area contributed by atoms with Crippen LogP contribution in [0.15, 0.2) is 70.7 Å². The molecule has 0 saturated heterocycles. The van der Waals surface area contributed by atoms with Crippen LogP contribution in [0.25, 0.3) is 0 Å². The molecule has 1 heterocycles. The van der Waals surface area contributed by atoms with E-state index in [4.69, 9.17) is 16.3 Å². The van der Waals surface area contributed by atoms with Crippen molar-refractivity contribution in [3.63, 3.8) is 0 Å². The molecule has 0 atom stereocenters. The van der Waals surface area contributed by atoms with Gasteiger partial charge in [0.05, 0.1) is 19.9 Å². The summed E-state index contributed by atoms with van der Waals surface area (Å²) in [6.45, 7) is 0.313. The smallest absolute Gasteiger partial charge is 0.276 e. The lowest BCUT2D eigenvalue weighted by Gasteiger charge is -2.08. The third kappa shape index (κ3) is 5.03. The zero-order valence-corrected chi connectivity index (χ0v) is 16.3. The van der Waals surface area contributed by atoms with E-state index < -0.39 is 11.5 Å². The molecular formula is C21H18ClN3O4. The number of rotatable bonds is 6. The maximum atomic E-state index is 12.6. The second-order valence-corrected chi connectivity index (χ2v) is 6.55. The van der Waals surface area contributed by atoms with Crippen LogP contribution in [0.5, 0.6) is 11.5 Å². The summed E-state index contributed by atoms with van der Waals surface area (Å²) in [5.41, 5.74) is 3.37. The number of carbonyl (C=O) groups excluding carboxylic acids is 1. The van der Waals surface area contributed by atoms with Crippen molar-refractivity contribution >= 4 is 23.7 Å².